The average molecular weight is 260 g/mol. The van der Waals surface area contributed by atoms with Crippen molar-refractivity contribution in [1.82, 2.24) is 4.90 Å². The molecule has 1 aromatic rings. The van der Waals surface area contributed by atoms with Gasteiger partial charge in [-0.05, 0) is 55.3 Å². The van der Waals surface area contributed by atoms with Crippen molar-refractivity contribution in [2.75, 3.05) is 20.1 Å². The van der Waals surface area contributed by atoms with Crippen molar-refractivity contribution in [3.63, 3.8) is 0 Å². The lowest BCUT2D eigenvalue weighted by molar-refractivity contribution is 0.259. The van der Waals surface area contributed by atoms with E-state index in [-0.39, 0.29) is 0 Å². The van der Waals surface area contributed by atoms with Crippen LogP contribution in [-0.2, 0) is 13.0 Å². The molecule has 0 aromatic heterocycles. The van der Waals surface area contributed by atoms with Gasteiger partial charge in [0.05, 0.1) is 0 Å². The van der Waals surface area contributed by atoms with Crippen molar-refractivity contribution in [2.45, 2.75) is 39.7 Å². The number of nitrogens with two attached hydrogens (primary N) is 1. The number of benzene rings is 1. The van der Waals surface area contributed by atoms with Gasteiger partial charge in [-0.15, -0.1) is 0 Å². The molecule has 19 heavy (non-hydrogen) atoms. The summed E-state index contributed by atoms with van der Waals surface area (Å²) in [5.74, 6) is 0.729. The van der Waals surface area contributed by atoms with Crippen LogP contribution in [0.25, 0.3) is 0 Å². The molecule has 0 unspecified atom stereocenters. The average Bonchev–Trinajstić information content (AvgIpc) is 3.11. The number of nitrogens with zero attached hydrogens (tertiary/aromatic N) is 1. The van der Waals surface area contributed by atoms with Crippen LogP contribution in [0.15, 0.2) is 24.3 Å². The molecule has 0 heterocycles. The number of hydrogen-bond acceptors (Lipinski definition) is 2. The van der Waals surface area contributed by atoms with Gasteiger partial charge in [-0.3, -0.25) is 0 Å². The SMILES string of the molecule is CC(C)Cc1ccc(CN(C)CC2(CN)CC2)cc1. The maximum atomic E-state index is 5.85. The molecule has 1 aliphatic carbocycles. The third kappa shape index (κ3) is 4.32. The second kappa shape index (κ2) is 6.06. The second-order valence-electron chi connectivity index (χ2n) is 6.79. The van der Waals surface area contributed by atoms with Crippen molar-refractivity contribution in [3.8, 4) is 0 Å². The Bertz CT molecular complexity index is 390. The van der Waals surface area contributed by atoms with E-state index in [1.54, 1.807) is 0 Å². The fourth-order valence-corrected chi connectivity index (χ4v) is 2.80. The van der Waals surface area contributed by atoms with Gasteiger partial charge in [0, 0.05) is 13.1 Å². The minimum absolute atomic E-state index is 0.437. The fourth-order valence-electron chi connectivity index (χ4n) is 2.80. The minimum atomic E-state index is 0.437. The predicted octanol–water partition coefficient (Wildman–Crippen LogP) is 3.06. The van der Waals surface area contributed by atoms with Gasteiger partial charge in [-0.2, -0.15) is 0 Å². The molecule has 2 N–H and O–H groups in total. The van der Waals surface area contributed by atoms with Gasteiger partial charge in [-0.25, -0.2) is 0 Å². The lowest BCUT2D eigenvalue weighted by Gasteiger charge is -2.22. The Hall–Kier alpha value is -0.860. The normalized spacial score (nSPS) is 17.2. The molecule has 2 rings (SSSR count). The molecule has 0 atom stereocenters. The van der Waals surface area contributed by atoms with Crippen LogP contribution >= 0.6 is 0 Å². The first-order chi connectivity index (χ1) is 9.03. The van der Waals surface area contributed by atoms with Gasteiger partial charge in [0.15, 0.2) is 0 Å². The molecular formula is C17H28N2. The van der Waals surface area contributed by atoms with Gasteiger partial charge in [0.25, 0.3) is 0 Å². The molecule has 0 spiro atoms. The lowest BCUT2D eigenvalue weighted by atomic mass is 10.0. The van der Waals surface area contributed by atoms with E-state index in [4.69, 9.17) is 5.73 Å². The summed E-state index contributed by atoms with van der Waals surface area (Å²) >= 11 is 0. The molecule has 0 saturated heterocycles. The maximum Gasteiger partial charge on any atom is 0.0230 e. The minimum Gasteiger partial charge on any atom is -0.330 e. The topological polar surface area (TPSA) is 29.3 Å². The molecule has 1 aliphatic rings. The van der Waals surface area contributed by atoms with Crippen LogP contribution in [0.4, 0.5) is 0 Å². The van der Waals surface area contributed by atoms with E-state index in [0.29, 0.717) is 5.41 Å². The molecule has 1 saturated carbocycles. The van der Waals surface area contributed by atoms with E-state index in [1.165, 1.54) is 30.4 Å². The van der Waals surface area contributed by atoms with Crippen LogP contribution in [0.5, 0.6) is 0 Å². The van der Waals surface area contributed by atoms with Crippen LogP contribution in [-0.4, -0.2) is 25.0 Å². The van der Waals surface area contributed by atoms with Gasteiger partial charge in [0.1, 0.15) is 0 Å². The smallest absolute Gasteiger partial charge is 0.0230 e. The van der Waals surface area contributed by atoms with E-state index in [1.807, 2.05) is 0 Å². The Labute approximate surface area is 118 Å². The highest BCUT2D eigenvalue weighted by molar-refractivity contribution is 5.22. The van der Waals surface area contributed by atoms with Crippen molar-refractivity contribution in [1.29, 1.82) is 0 Å². The molecule has 106 valence electrons. The first-order valence-electron chi connectivity index (χ1n) is 7.49. The zero-order valence-corrected chi connectivity index (χ0v) is 12.7. The highest BCUT2D eigenvalue weighted by Crippen LogP contribution is 2.45. The molecule has 0 amide bonds. The molecule has 1 aromatic carbocycles. The fraction of sp³-hybridized carbons (Fsp3) is 0.647. The van der Waals surface area contributed by atoms with E-state index < -0.39 is 0 Å². The Morgan fingerprint density at radius 3 is 2.21 bits per heavy atom. The van der Waals surface area contributed by atoms with E-state index in [9.17, 15) is 0 Å². The van der Waals surface area contributed by atoms with Crippen molar-refractivity contribution in [2.24, 2.45) is 17.1 Å². The zero-order valence-electron chi connectivity index (χ0n) is 12.7. The van der Waals surface area contributed by atoms with Gasteiger partial charge >= 0.3 is 0 Å². The van der Waals surface area contributed by atoms with Crippen LogP contribution in [0.3, 0.4) is 0 Å². The quantitative estimate of drug-likeness (QED) is 0.816. The monoisotopic (exact) mass is 260 g/mol. The Balaban J connectivity index is 1.85. The Morgan fingerprint density at radius 1 is 1.16 bits per heavy atom. The van der Waals surface area contributed by atoms with Crippen LogP contribution < -0.4 is 5.73 Å². The molecule has 0 radical (unpaired) electrons. The lowest BCUT2D eigenvalue weighted by Crippen LogP contribution is -2.31. The third-order valence-corrected chi connectivity index (χ3v) is 4.11. The van der Waals surface area contributed by atoms with Crippen LogP contribution in [0, 0.1) is 11.3 Å². The molecular weight excluding hydrogens is 232 g/mol. The summed E-state index contributed by atoms with van der Waals surface area (Å²) in [4.78, 5) is 2.41. The summed E-state index contributed by atoms with van der Waals surface area (Å²) in [6.07, 6.45) is 3.79. The first-order valence-corrected chi connectivity index (χ1v) is 7.49. The maximum absolute atomic E-state index is 5.85. The summed E-state index contributed by atoms with van der Waals surface area (Å²) in [6.45, 7) is 7.54. The van der Waals surface area contributed by atoms with Gasteiger partial charge in [0.2, 0.25) is 0 Å². The van der Waals surface area contributed by atoms with Crippen molar-refractivity contribution in [3.05, 3.63) is 35.4 Å². The highest BCUT2D eigenvalue weighted by atomic mass is 15.1. The van der Waals surface area contributed by atoms with E-state index in [2.05, 4.69) is 50.1 Å². The van der Waals surface area contributed by atoms with E-state index in [0.717, 1.165) is 25.6 Å². The molecule has 0 aliphatic heterocycles. The van der Waals surface area contributed by atoms with Crippen molar-refractivity contribution >= 4 is 0 Å². The van der Waals surface area contributed by atoms with Gasteiger partial charge < -0.3 is 10.6 Å². The molecule has 2 heteroatoms. The summed E-state index contributed by atoms with van der Waals surface area (Å²) in [6, 6.07) is 9.10. The number of hydrogen-bond donors (Lipinski definition) is 1. The first kappa shape index (κ1) is 14.5. The Kier molecular flexibility index (Phi) is 4.64. The Morgan fingerprint density at radius 2 is 1.74 bits per heavy atom. The summed E-state index contributed by atoms with van der Waals surface area (Å²) in [5, 5.41) is 0. The van der Waals surface area contributed by atoms with Crippen molar-refractivity contribution < 1.29 is 0 Å². The van der Waals surface area contributed by atoms with Crippen LogP contribution in [0.2, 0.25) is 0 Å². The second-order valence-corrected chi connectivity index (χ2v) is 6.79. The molecule has 2 nitrogen and oxygen atoms in total. The summed E-state index contributed by atoms with van der Waals surface area (Å²) < 4.78 is 0. The summed E-state index contributed by atoms with van der Waals surface area (Å²) in [5.41, 5.74) is 9.14. The number of rotatable bonds is 7. The zero-order chi connectivity index (χ0) is 13.9. The molecule has 1 fully saturated rings. The largest absolute Gasteiger partial charge is 0.330 e. The summed E-state index contributed by atoms with van der Waals surface area (Å²) in [7, 11) is 2.21. The van der Waals surface area contributed by atoms with E-state index >= 15 is 0 Å². The van der Waals surface area contributed by atoms with Crippen LogP contribution in [0.1, 0.15) is 37.8 Å². The standard InChI is InChI=1S/C17H28N2/c1-14(2)10-15-4-6-16(7-5-15)11-19(3)13-17(12-18)8-9-17/h4-7,14H,8-13,18H2,1-3H3. The third-order valence-electron chi connectivity index (χ3n) is 4.11. The van der Waals surface area contributed by atoms with Gasteiger partial charge in [-0.1, -0.05) is 38.1 Å². The predicted molar refractivity (Wildman–Crippen MR) is 82.0 cm³/mol. The molecule has 0 bridgehead atoms. The highest BCUT2D eigenvalue weighted by Gasteiger charge is 2.41.